The van der Waals surface area contributed by atoms with Crippen LogP contribution in [0.1, 0.15) is 20.3 Å². The topological polar surface area (TPSA) is 116 Å². The Morgan fingerprint density at radius 1 is 1.10 bits per heavy atom. The lowest BCUT2D eigenvalue weighted by Crippen LogP contribution is -2.43. The summed E-state index contributed by atoms with van der Waals surface area (Å²) in [6.07, 6.45) is 1.80. The first-order valence-corrected chi connectivity index (χ1v) is 6.11. The molecule has 0 aromatic heterocycles. The van der Waals surface area contributed by atoms with E-state index in [4.69, 9.17) is 0 Å². The summed E-state index contributed by atoms with van der Waals surface area (Å²) in [7, 11) is 1.13. The summed E-state index contributed by atoms with van der Waals surface area (Å²) in [5.74, 6) is -3.99. The molecule has 21 heavy (non-hydrogen) atoms. The Hall–Kier alpha value is -2.51. The van der Waals surface area contributed by atoms with E-state index in [1.54, 1.807) is 6.92 Å². The van der Waals surface area contributed by atoms with Gasteiger partial charge in [0.25, 0.3) is 11.7 Å². The largest absolute Gasteiger partial charge is 0.466 e. The lowest BCUT2D eigenvalue weighted by atomic mass is 10.1. The molecular weight excluding hydrogens is 282 g/mol. The quantitative estimate of drug-likeness (QED) is 0.358. The highest BCUT2D eigenvalue weighted by molar-refractivity contribution is 6.37. The van der Waals surface area contributed by atoms with Gasteiger partial charge in [-0.25, -0.2) is 9.59 Å². The molecule has 1 atom stereocenters. The van der Waals surface area contributed by atoms with Crippen molar-refractivity contribution in [2.75, 3.05) is 13.7 Å². The van der Waals surface area contributed by atoms with E-state index in [0.717, 1.165) is 19.3 Å². The van der Waals surface area contributed by atoms with Gasteiger partial charge in [-0.2, -0.15) is 0 Å². The predicted octanol–water partition coefficient (Wildman–Crippen LogP) is -0.688. The normalized spacial score (nSPS) is 11.6. The summed E-state index contributed by atoms with van der Waals surface area (Å²) in [6.45, 7) is 2.29. The fourth-order valence-electron chi connectivity index (χ4n) is 1.12. The zero-order valence-corrected chi connectivity index (χ0v) is 12.0. The summed E-state index contributed by atoms with van der Waals surface area (Å²) in [4.78, 5) is 55.8. The van der Waals surface area contributed by atoms with Gasteiger partial charge in [-0.05, 0) is 6.92 Å². The van der Waals surface area contributed by atoms with Crippen molar-refractivity contribution in [2.45, 2.75) is 26.3 Å². The Morgan fingerprint density at radius 3 is 2.19 bits per heavy atom. The van der Waals surface area contributed by atoms with Gasteiger partial charge in [0, 0.05) is 18.6 Å². The molecule has 0 aliphatic carbocycles. The fourth-order valence-corrected chi connectivity index (χ4v) is 1.12. The molecule has 1 N–H and O–H groups in total. The highest BCUT2D eigenvalue weighted by Gasteiger charge is 2.20. The van der Waals surface area contributed by atoms with Gasteiger partial charge < -0.3 is 14.8 Å². The molecule has 0 aliphatic heterocycles. The number of amides is 1. The van der Waals surface area contributed by atoms with E-state index in [9.17, 15) is 24.0 Å². The number of ketones is 2. The van der Waals surface area contributed by atoms with Crippen molar-refractivity contribution in [3.8, 4) is 0 Å². The van der Waals surface area contributed by atoms with Crippen LogP contribution in [0.5, 0.6) is 0 Å². The monoisotopic (exact) mass is 299 g/mol. The Balaban J connectivity index is 4.23. The minimum Gasteiger partial charge on any atom is -0.466 e. The van der Waals surface area contributed by atoms with E-state index in [-0.39, 0.29) is 12.2 Å². The van der Waals surface area contributed by atoms with Crippen LogP contribution in [-0.2, 0) is 33.4 Å². The smallest absolute Gasteiger partial charge is 0.331 e. The third-order valence-electron chi connectivity index (χ3n) is 2.33. The first-order valence-electron chi connectivity index (χ1n) is 6.11. The summed E-state index contributed by atoms with van der Waals surface area (Å²) >= 11 is 0. The van der Waals surface area contributed by atoms with Crippen molar-refractivity contribution < 1.29 is 33.4 Å². The van der Waals surface area contributed by atoms with Gasteiger partial charge in [-0.1, -0.05) is 6.92 Å². The highest BCUT2D eigenvalue weighted by atomic mass is 16.5. The molecule has 0 saturated heterocycles. The second kappa shape index (κ2) is 9.40. The molecule has 116 valence electrons. The fraction of sp³-hybridized carbons (Fsp3) is 0.462. The van der Waals surface area contributed by atoms with Crippen molar-refractivity contribution in [1.82, 2.24) is 5.32 Å². The number of carbonyl (C=O) groups is 5. The van der Waals surface area contributed by atoms with Gasteiger partial charge in [0.15, 0.2) is 12.4 Å². The lowest BCUT2D eigenvalue weighted by molar-refractivity contribution is -0.148. The summed E-state index contributed by atoms with van der Waals surface area (Å²) in [5, 5.41) is 2.19. The minimum absolute atomic E-state index is 0.225. The first-order chi connectivity index (χ1) is 9.81. The predicted molar refractivity (Wildman–Crippen MR) is 70.0 cm³/mol. The number of Topliss-reactive ketones (excluding diaryl/α,β-unsaturated/α-hetero) is 2. The van der Waals surface area contributed by atoms with Crippen LogP contribution < -0.4 is 5.32 Å². The molecule has 0 heterocycles. The molecule has 0 rings (SSSR count). The van der Waals surface area contributed by atoms with E-state index in [2.05, 4.69) is 14.8 Å². The maximum atomic E-state index is 11.4. The minimum atomic E-state index is -1.02. The summed E-state index contributed by atoms with van der Waals surface area (Å²) < 4.78 is 8.70. The number of methoxy groups -OCH3 is 1. The van der Waals surface area contributed by atoms with Gasteiger partial charge in [0.1, 0.15) is 0 Å². The Morgan fingerprint density at radius 2 is 1.67 bits per heavy atom. The van der Waals surface area contributed by atoms with E-state index in [0.29, 0.717) is 0 Å². The molecule has 0 bridgehead atoms. The standard InChI is InChI=1S/C13H17NO7/c1-4-9(15)8(2)14-13(19)10(16)7-21-12(18)6-5-11(17)20-3/h5-6,8H,4,7H2,1-3H3,(H,14,19)/b6-5+/t8-/m0/s1. The van der Waals surface area contributed by atoms with Crippen LogP contribution in [0.2, 0.25) is 0 Å². The zero-order valence-electron chi connectivity index (χ0n) is 12.0. The zero-order chi connectivity index (χ0) is 16.4. The molecule has 0 aromatic rings. The molecule has 1 amide bonds. The Bertz CT molecular complexity index is 467. The number of hydrogen-bond acceptors (Lipinski definition) is 7. The summed E-state index contributed by atoms with van der Waals surface area (Å²) in [6, 6.07) is -0.790. The number of esters is 2. The molecule has 0 radical (unpaired) electrons. The Kier molecular flexibility index (Phi) is 8.28. The van der Waals surface area contributed by atoms with Crippen LogP contribution in [0, 0.1) is 0 Å². The SMILES string of the molecule is CCC(=O)[C@H](C)NC(=O)C(=O)COC(=O)/C=C/C(=O)OC. The van der Waals surface area contributed by atoms with Crippen molar-refractivity contribution in [2.24, 2.45) is 0 Å². The first kappa shape index (κ1) is 18.5. The number of ether oxygens (including phenoxy) is 2. The molecule has 0 fully saturated rings. The molecular formula is C13H17NO7. The van der Waals surface area contributed by atoms with Crippen LogP contribution in [0.25, 0.3) is 0 Å². The molecule has 0 unspecified atom stereocenters. The molecule has 0 spiro atoms. The Labute approximate surface area is 121 Å². The second-order valence-electron chi connectivity index (χ2n) is 3.90. The molecule has 8 nitrogen and oxygen atoms in total. The number of rotatable bonds is 8. The van der Waals surface area contributed by atoms with Crippen molar-refractivity contribution in [3.63, 3.8) is 0 Å². The highest BCUT2D eigenvalue weighted by Crippen LogP contribution is 1.91. The third-order valence-corrected chi connectivity index (χ3v) is 2.33. The second-order valence-corrected chi connectivity index (χ2v) is 3.90. The average Bonchev–Trinajstić information content (AvgIpc) is 2.48. The van der Waals surface area contributed by atoms with Crippen LogP contribution >= 0.6 is 0 Å². The van der Waals surface area contributed by atoms with E-state index in [1.807, 2.05) is 0 Å². The molecule has 0 saturated carbocycles. The van der Waals surface area contributed by atoms with Gasteiger partial charge >= 0.3 is 11.9 Å². The van der Waals surface area contributed by atoms with Crippen LogP contribution in [0.4, 0.5) is 0 Å². The number of nitrogens with one attached hydrogen (secondary N) is 1. The number of carbonyl (C=O) groups excluding carboxylic acids is 5. The molecule has 0 aliphatic rings. The van der Waals surface area contributed by atoms with Crippen LogP contribution in [-0.4, -0.2) is 49.2 Å². The maximum absolute atomic E-state index is 11.4. The van der Waals surface area contributed by atoms with Crippen molar-refractivity contribution >= 4 is 29.4 Å². The third kappa shape index (κ3) is 7.61. The van der Waals surface area contributed by atoms with Crippen LogP contribution in [0.15, 0.2) is 12.2 Å². The molecule has 0 aromatic carbocycles. The van der Waals surface area contributed by atoms with Gasteiger partial charge in [-0.15, -0.1) is 0 Å². The van der Waals surface area contributed by atoms with Gasteiger partial charge in [0.2, 0.25) is 0 Å². The molecule has 8 heteroatoms. The summed E-state index contributed by atoms with van der Waals surface area (Å²) in [5.41, 5.74) is 0. The maximum Gasteiger partial charge on any atom is 0.331 e. The van der Waals surface area contributed by atoms with Crippen LogP contribution in [0.3, 0.4) is 0 Å². The average molecular weight is 299 g/mol. The van der Waals surface area contributed by atoms with Crippen molar-refractivity contribution in [1.29, 1.82) is 0 Å². The van der Waals surface area contributed by atoms with Gasteiger partial charge in [-0.3, -0.25) is 14.4 Å². The van der Waals surface area contributed by atoms with E-state index >= 15 is 0 Å². The lowest BCUT2D eigenvalue weighted by Gasteiger charge is -2.10. The van der Waals surface area contributed by atoms with E-state index in [1.165, 1.54) is 6.92 Å². The number of hydrogen-bond donors (Lipinski definition) is 1. The van der Waals surface area contributed by atoms with Gasteiger partial charge in [0.05, 0.1) is 13.2 Å². The van der Waals surface area contributed by atoms with Crippen molar-refractivity contribution in [3.05, 3.63) is 12.2 Å². The van der Waals surface area contributed by atoms with E-state index < -0.39 is 36.3 Å².